The molecule has 0 bridgehead atoms. The Morgan fingerprint density at radius 2 is 1.92 bits per heavy atom. The minimum absolute atomic E-state index is 0. The van der Waals surface area contributed by atoms with Crippen LogP contribution in [0.4, 0.5) is 0 Å². The summed E-state index contributed by atoms with van der Waals surface area (Å²) in [5, 5.41) is 0. The molecule has 5 heteroatoms. The third kappa shape index (κ3) is 6.19. The number of halogens is 1. The standard InChI is InChI=1S/C20H31NO3.ClH/c1-5-11-23-18-13-15(2)19(16(3)14-18)20(22)24-12-7-10-21-9-6-8-17(21)4;/h13-14,17H,5-12H2,1-4H3;1H. The smallest absolute Gasteiger partial charge is 0.338 e. The number of hydrogen-bond acceptors (Lipinski definition) is 4. The monoisotopic (exact) mass is 369 g/mol. The van der Waals surface area contributed by atoms with Crippen LogP contribution in [0, 0.1) is 13.8 Å². The van der Waals surface area contributed by atoms with Gasteiger partial charge >= 0.3 is 5.97 Å². The van der Waals surface area contributed by atoms with Crippen LogP contribution in [0.3, 0.4) is 0 Å². The van der Waals surface area contributed by atoms with Crippen LogP contribution in [0.1, 0.15) is 61.0 Å². The topological polar surface area (TPSA) is 38.8 Å². The Kier molecular flexibility index (Phi) is 9.30. The molecule has 2 rings (SSSR count). The fourth-order valence-corrected chi connectivity index (χ4v) is 3.38. The van der Waals surface area contributed by atoms with Crippen LogP contribution in [-0.4, -0.2) is 43.2 Å². The predicted octanol–water partition coefficient (Wildman–Crippen LogP) is 4.55. The van der Waals surface area contributed by atoms with Crippen LogP contribution in [0.25, 0.3) is 0 Å². The summed E-state index contributed by atoms with van der Waals surface area (Å²) in [5.41, 5.74) is 2.51. The van der Waals surface area contributed by atoms with Crippen molar-refractivity contribution in [3.8, 4) is 5.75 Å². The highest BCUT2D eigenvalue weighted by Crippen LogP contribution is 2.23. The van der Waals surface area contributed by atoms with Crippen molar-refractivity contribution in [2.75, 3.05) is 26.3 Å². The van der Waals surface area contributed by atoms with Crippen molar-refractivity contribution < 1.29 is 14.3 Å². The van der Waals surface area contributed by atoms with E-state index in [1.807, 2.05) is 26.0 Å². The van der Waals surface area contributed by atoms with Gasteiger partial charge in [-0.1, -0.05) is 6.92 Å². The molecule has 1 heterocycles. The van der Waals surface area contributed by atoms with E-state index >= 15 is 0 Å². The van der Waals surface area contributed by atoms with Crippen molar-refractivity contribution in [1.29, 1.82) is 0 Å². The average Bonchev–Trinajstić information content (AvgIpc) is 2.94. The molecule has 1 unspecified atom stereocenters. The van der Waals surface area contributed by atoms with Crippen LogP contribution in [0.2, 0.25) is 0 Å². The van der Waals surface area contributed by atoms with Gasteiger partial charge in [-0.15, -0.1) is 12.4 Å². The van der Waals surface area contributed by atoms with Gasteiger partial charge in [0.1, 0.15) is 5.75 Å². The average molecular weight is 370 g/mol. The summed E-state index contributed by atoms with van der Waals surface area (Å²) in [5.74, 6) is 0.605. The molecule has 1 fully saturated rings. The highest BCUT2D eigenvalue weighted by atomic mass is 35.5. The summed E-state index contributed by atoms with van der Waals surface area (Å²) in [6, 6.07) is 4.51. The molecule has 1 atom stereocenters. The normalized spacial score (nSPS) is 17.2. The summed E-state index contributed by atoms with van der Waals surface area (Å²) in [4.78, 5) is 14.9. The van der Waals surface area contributed by atoms with Gasteiger partial charge in [-0.2, -0.15) is 0 Å². The van der Waals surface area contributed by atoms with Crippen molar-refractivity contribution in [2.24, 2.45) is 0 Å². The Hall–Kier alpha value is -1.26. The Morgan fingerprint density at radius 3 is 2.48 bits per heavy atom. The molecule has 0 saturated carbocycles. The summed E-state index contributed by atoms with van der Waals surface area (Å²) in [6.45, 7) is 11.6. The lowest BCUT2D eigenvalue weighted by Gasteiger charge is -2.20. The van der Waals surface area contributed by atoms with E-state index in [4.69, 9.17) is 9.47 Å². The fraction of sp³-hybridized carbons (Fsp3) is 0.650. The summed E-state index contributed by atoms with van der Waals surface area (Å²) < 4.78 is 11.2. The molecule has 0 N–H and O–H groups in total. The van der Waals surface area contributed by atoms with Gasteiger partial charge in [0.2, 0.25) is 0 Å². The molecule has 0 amide bonds. The van der Waals surface area contributed by atoms with E-state index < -0.39 is 0 Å². The highest BCUT2D eigenvalue weighted by Gasteiger charge is 2.20. The number of aryl methyl sites for hydroxylation is 2. The SMILES string of the molecule is CCCOc1cc(C)c(C(=O)OCCCN2CCCC2C)c(C)c1.Cl. The Bertz CT molecular complexity index is 539. The fourth-order valence-electron chi connectivity index (χ4n) is 3.38. The molecule has 1 saturated heterocycles. The Morgan fingerprint density at radius 1 is 1.24 bits per heavy atom. The van der Waals surface area contributed by atoms with E-state index in [0.717, 1.165) is 36.3 Å². The van der Waals surface area contributed by atoms with Gasteiger partial charge in [0, 0.05) is 12.6 Å². The second kappa shape index (κ2) is 10.7. The van der Waals surface area contributed by atoms with Crippen molar-refractivity contribution in [3.63, 3.8) is 0 Å². The van der Waals surface area contributed by atoms with Crippen LogP contribution in [-0.2, 0) is 4.74 Å². The largest absolute Gasteiger partial charge is 0.494 e. The number of ether oxygens (including phenoxy) is 2. The number of rotatable bonds is 8. The van der Waals surface area contributed by atoms with E-state index in [2.05, 4.69) is 18.7 Å². The molecule has 4 nitrogen and oxygen atoms in total. The van der Waals surface area contributed by atoms with Crippen molar-refractivity contribution >= 4 is 18.4 Å². The number of nitrogens with zero attached hydrogens (tertiary/aromatic N) is 1. The minimum Gasteiger partial charge on any atom is -0.494 e. The quantitative estimate of drug-likeness (QED) is 0.498. The second-order valence-corrected chi connectivity index (χ2v) is 6.80. The maximum absolute atomic E-state index is 12.4. The van der Waals surface area contributed by atoms with E-state index in [1.165, 1.54) is 19.4 Å². The Labute approximate surface area is 158 Å². The van der Waals surface area contributed by atoms with Crippen LogP contribution in [0.15, 0.2) is 12.1 Å². The maximum Gasteiger partial charge on any atom is 0.338 e. The molecular weight excluding hydrogens is 338 g/mol. The summed E-state index contributed by atoms with van der Waals surface area (Å²) in [7, 11) is 0. The highest BCUT2D eigenvalue weighted by molar-refractivity contribution is 5.93. The molecule has 1 aromatic rings. The van der Waals surface area contributed by atoms with Gasteiger partial charge < -0.3 is 14.4 Å². The van der Waals surface area contributed by atoms with Crippen LogP contribution in [0.5, 0.6) is 5.75 Å². The van der Waals surface area contributed by atoms with Crippen molar-refractivity contribution in [1.82, 2.24) is 4.90 Å². The maximum atomic E-state index is 12.4. The van der Waals surface area contributed by atoms with Gasteiger partial charge in [-0.3, -0.25) is 0 Å². The van der Waals surface area contributed by atoms with E-state index in [0.29, 0.717) is 24.8 Å². The lowest BCUT2D eigenvalue weighted by atomic mass is 10.0. The van der Waals surface area contributed by atoms with Gasteiger partial charge in [0.25, 0.3) is 0 Å². The third-order valence-electron chi connectivity index (χ3n) is 4.70. The van der Waals surface area contributed by atoms with E-state index in [9.17, 15) is 4.79 Å². The first-order valence-corrected chi connectivity index (χ1v) is 9.18. The molecule has 0 spiro atoms. The zero-order chi connectivity index (χ0) is 17.5. The predicted molar refractivity (Wildman–Crippen MR) is 104 cm³/mol. The summed E-state index contributed by atoms with van der Waals surface area (Å²) >= 11 is 0. The molecule has 0 radical (unpaired) electrons. The van der Waals surface area contributed by atoms with Gasteiger partial charge in [-0.05, 0) is 76.3 Å². The number of carbonyl (C=O) groups excluding carboxylic acids is 1. The first-order chi connectivity index (χ1) is 11.5. The Balaban J connectivity index is 0.00000312. The van der Waals surface area contributed by atoms with Crippen molar-refractivity contribution in [3.05, 3.63) is 28.8 Å². The molecule has 1 aliphatic heterocycles. The zero-order valence-electron chi connectivity index (χ0n) is 16.0. The number of esters is 1. The lowest BCUT2D eigenvalue weighted by Crippen LogP contribution is -2.28. The van der Waals surface area contributed by atoms with Gasteiger partial charge in [0.05, 0.1) is 18.8 Å². The van der Waals surface area contributed by atoms with Crippen LogP contribution >= 0.6 is 12.4 Å². The lowest BCUT2D eigenvalue weighted by molar-refractivity contribution is 0.0485. The third-order valence-corrected chi connectivity index (χ3v) is 4.70. The summed E-state index contributed by atoms with van der Waals surface area (Å²) in [6.07, 6.45) is 4.43. The van der Waals surface area contributed by atoms with E-state index in [1.54, 1.807) is 0 Å². The van der Waals surface area contributed by atoms with Gasteiger partial charge in [0.15, 0.2) is 0 Å². The molecule has 0 aliphatic carbocycles. The van der Waals surface area contributed by atoms with E-state index in [-0.39, 0.29) is 18.4 Å². The second-order valence-electron chi connectivity index (χ2n) is 6.80. The number of benzene rings is 1. The minimum atomic E-state index is -0.221. The molecule has 1 aromatic carbocycles. The van der Waals surface area contributed by atoms with Crippen LogP contribution < -0.4 is 4.74 Å². The molecule has 0 aromatic heterocycles. The van der Waals surface area contributed by atoms with Crippen molar-refractivity contribution in [2.45, 2.75) is 59.4 Å². The first kappa shape index (κ1) is 21.8. The van der Waals surface area contributed by atoms with Gasteiger partial charge in [-0.25, -0.2) is 4.79 Å². The molecule has 142 valence electrons. The number of likely N-dealkylation sites (tertiary alicyclic amines) is 1. The molecule has 25 heavy (non-hydrogen) atoms. The number of carbonyl (C=O) groups is 1. The zero-order valence-corrected chi connectivity index (χ0v) is 16.8. The first-order valence-electron chi connectivity index (χ1n) is 9.18. The molecule has 1 aliphatic rings. The molecular formula is C20H32ClNO3. The number of hydrogen-bond donors (Lipinski definition) is 0.